The van der Waals surface area contributed by atoms with Gasteiger partial charge in [-0.15, -0.1) is 0 Å². The number of hydrogen-bond donors (Lipinski definition) is 3. The van der Waals surface area contributed by atoms with Crippen molar-refractivity contribution in [3.8, 4) is 22.6 Å². The van der Waals surface area contributed by atoms with Gasteiger partial charge in [0, 0.05) is 22.8 Å². The highest BCUT2D eigenvalue weighted by Gasteiger charge is 2.21. The lowest BCUT2D eigenvalue weighted by atomic mass is 10.0. The molecule has 4 bridgehead atoms. The second-order valence-electron chi connectivity index (χ2n) is 7.66. The van der Waals surface area contributed by atoms with Gasteiger partial charge in [-0.05, 0) is 55.3 Å². The number of phenolic OH excluding ortho intramolecular Hbond substituents is 1. The molecule has 3 aromatic carbocycles. The van der Waals surface area contributed by atoms with Crippen LogP contribution in [0.25, 0.3) is 11.1 Å². The number of esters is 1. The van der Waals surface area contributed by atoms with Gasteiger partial charge in [0.2, 0.25) is 0 Å². The number of hydrogen-bond acceptors (Lipinski definition) is 7. The van der Waals surface area contributed by atoms with E-state index in [4.69, 9.17) is 21.1 Å². The number of fused-ring (bicyclic) bond motifs is 6. The molecule has 0 fully saturated rings. The van der Waals surface area contributed by atoms with E-state index in [2.05, 4.69) is 10.0 Å². The van der Waals surface area contributed by atoms with E-state index in [1.165, 1.54) is 43.5 Å². The Bertz CT molecular complexity index is 1340. The number of phenols is 1. The first kappa shape index (κ1) is 24.6. The molecule has 7 nitrogen and oxygen atoms in total. The number of carbonyl (C=O) groups is 2. The predicted molar refractivity (Wildman–Crippen MR) is 128 cm³/mol. The largest absolute Gasteiger partial charge is 0.505 e. The van der Waals surface area contributed by atoms with Crippen LogP contribution >= 0.6 is 23.5 Å². The van der Waals surface area contributed by atoms with E-state index in [1.807, 2.05) is 0 Å². The molecule has 0 saturated carbocycles. The minimum Gasteiger partial charge on any atom is -0.505 e. The van der Waals surface area contributed by atoms with E-state index in [9.17, 15) is 23.5 Å². The molecule has 11 heteroatoms. The summed E-state index contributed by atoms with van der Waals surface area (Å²) < 4.78 is 43.1. The summed E-state index contributed by atoms with van der Waals surface area (Å²) in [6, 6.07) is 8.92. The number of halogens is 3. The third-order valence-electron chi connectivity index (χ3n) is 5.19. The molecule has 1 atom stereocenters. The first-order chi connectivity index (χ1) is 16.7. The highest BCUT2D eigenvalue weighted by molar-refractivity contribution is 8.00. The molecule has 1 unspecified atom stereocenters. The number of rotatable bonds is 1. The lowest BCUT2D eigenvalue weighted by molar-refractivity contribution is 0.0600. The summed E-state index contributed by atoms with van der Waals surface area (Å²) >= 11 is 6.87. The van der Waals surface area contributed by atoms with Crippen molar-refractivity contribution in [2.45, 2.75) is 17.9 Å². The van der Waals surface area contributed by atoms with Crippen molar-refractivity contribution >= 4 is 41.1 Å². The van der Waals surface area contributed by atoms with Crippen LogP contribution < -0.4 is 14.8 Å². The number of anilines is 1. The Balaban J connectivity index is 1.88. The van der Waals surface area contributed by atoms with Crippen molar-refractivity contribution in [3.05, 3.63) is 70.2 Å². The van der Waals surface area contributed by atoms with Gasteiger partial charge in [-0.25, -0.2) is 13.6 Å². The van der Waals surface area contributed by atoms with E-state index in [0.717, 1.165) is 11.9 Å². The van der Waals surface area contributed by atoms with Crippen LogP contribution in [0.15, 0.2) is 47.4 Å². The van der Waals surface area contributed by atoms with E-state index in [0.29, 0.717) is 6.07 Å². The van der Waals surface area contributed by atoms with Crippen LogP contribution in [-0.2, 0) is 4.74 Å². The minimum atomic E-state index is -0.900. The standard InChI is InChI=1S/C24H19ClF2N2O5S/c1-11-10-28-23(31)13-6-16(25)22(30)21(7-13)35-29-19-8-14(17(26)9-18(19)27)15-5-12(24(32)33-2)3-4-20(15)34-11/h3-9,11,29-30H,10H2,1-2H3,(H,28,31). The van der Waals surface area contributed by atoms with Crippen LogP contribution in [0.2, 0.25) is 5.02 Å². The Morgan fingerprint density at radius 3 is 2.69 bits per heavy atom. The normalized spacial score (nSPS) is 15.5. The van der Waals surface area contributed by atoms with Gasteiger partial charge in [0.05, 0.1) is 34.8 Å². The summed E-state index contributed by atoms with van der Waals surface area (Å²) in [4.78, 5) is 24.9. The topological polar surface area (TPSA) is 96.9 Å². The van der Waals surface area contributed by atoms with Crippen LogP contribution in [0.3, 0.4) is 0 Å². The fraction of sp³-hybridized carbons (Fsp3) is 0.167. The first-order valence-electron chi connectivity index (χ1n) is 10.3. The van der Waals surface area contributed by atoms with Gasteiger partial charge in [-0.3, -0.25) is 4.79 Å². The molecular formula is C24H19ClF2N2O5S. The molecular weight excluding hydrogens is 502 g/mol. The average molecular weight is 521 g/mol. The van der Waals surface area contributed by atoms with Crippen molar-refractivity contribution in [2.24, 2.45) is 0 Å². The van der Waals surface area contributed by atoms with E-state index < -0.39 is 29.6 Å². The molecule has 4 rings (SSSR count). The lowest BCUT2D eigenvalue weighted by Gasteiger charge is -2.19. The van der Waals surface area contributed by atoms with Crippen molar-refractivity contribution in [1.29, 1.82) is 0 Å². The molecule has 35 heavy (non-hydrogen) atoms. The zero-order valence-corrected chi connectivity index (χ0v) is 20.0. The molecule has 0 aliphatic carbocycles. The summed E-state index contributed by atoms with van der Waals surface area (Å²) in [5.41, 5.74) is 0.323. The SMILES string of the molecule is COC(=O)c1ccc2c(c1)-c1cc(c(F)cc1F)NSc1cc(cc(Cl)c1O)C(=O)NCC(C)O2. The molecule has 1 aliphatic heterocycles. The smallest absolute Gasteiger partial charge is 0.337 e. The van der Waals surface area contributed by atoms with Crippen LogP contribution in [0.4, 0.5) is 14.5 Å². The molecule has 3 aromatic rings. The van der Waals surface area contributed by atoms with Gasteiger partial charge in [-0.1, -0.05) is 11.6 Å². The molecule has 0 radical (unpaired) electrons. The Morgan fingerprint density at radius 1 is 1.17 bits per heavy atom. The minimum absolute atomic E-state index is 0.0441. The maximum Gasteiger partial charge on any atom is 0.337 e. The highest BCUT2D eigenvalue weighted by Crippen LogP contribution is 2.40. The van der Waals surface area contributed by atoms with Gasteiger partial charge in [0.25, 0.3) is 5.91 Å². The summed E-state index contributed by atoms with van der Waals surface area (Å²) in [5.74, 6) is -3.01. The maximum absolute atomic E-state index is 15.0. The van der Waals surface area contributed by atoms with Crippen molar-refractivity contribution in [2.75, 3.05) is 18.4 Å². The van der Waals surface area contributed by atoms with Crippen LogP contribution in [0.5, 0.6) is 11.5 Å². The van der Waals surface area contributed by atoms with Crippen LogP contribution in [0, 0.1) is 11.6 Å². The van der Waals surface area contributed by atoms with Gasteiger partial charge < -0.3 is 24.6 Å². The summed E-state index contributed by atoms with van der Waals surface area (Å²) in [6.07, 6.45) is -0.575. The monoisotopic (exact) mass is 520 g/mol. The Labute approximate surface area is 208 Å². The zero-order chi connectivity index (χ0) is 25.3. The van der Waals surface area contributed by atoms with Gasteiger partial charge in [-0.2, -0.15) is 0 Å². The van der Waals surface area contributed by atoms with Gasteiger partial charge >= 0.3 is 5.97 Å². The Hall–Kier alpha value is -3.50. The van der Waals surface area contributed by atoms with E-state index in [1.54, 1.807) is 6.92 Å². The molecule has 0 saturated heterocycles. The molecule has 1 amide bonds. The molecule has 0 spiro atoms. The number of ether oxygens (including phenoxy) is 2. The van der Waals surface area contributed by atoms with Gasteiger partial charge in [0.1, 0.15) is 29.2 Å². The number of amides is 1. The number of methoxy groups -OCH3 is 1. The Kier molecular flexibility index (Phi) is 7.04. The fourth-order valence-corrected chi connectivity index (χ4v) is 4.46. The van der Waals surface area contributed by atoms with Gasteiger partial charge in [0.15, 0.2) is 0 Å². The lowest BCUT2D eigenvalue weighted by Crippen LogP contribution is -2.33. The Morgan fingerprint density at radius 2 is 1.94 bits per heavy atom. The molecule has 1 heterocycles. The number of benzene rings is 3. The maximum atomic E-state index is 15.0. The molecule has 3 N–H and O–H groups in total. The van der Waals surface area contributed by atoms with E-state index >= 15 is 0 Å². The number of aromatic hydroxyl groups is 1. The molecule has 182 valence electrons. The van der Waals surface area contributed by atoms with E-state index in [-0.39, 0.29) is 55.9 Å². The highest BCUT2D eigenvalue weighted by atomic mass is 35.5. The predicted octanol–water partition coefficient (Wildman–Crippen LogP) is 5.41. The molecule has 1 aliphatic rings. The average Bonchev–Trinajstić information content (AvgIpc) is 2.83. The van der Waals surface area contributed by atoms with Crippen molar-refractivity contribution in [1.82, 2.24) is 5.32 Å². The second-order valence-corrected chi connectivity index (χ2v) is 8.92. The number of carbonyl (C=O) groups excluding carboxylic acids is 2. The summed E-state index contributed by atoms with van der Waals surface area (Å²) in [7, 11) is 1.22. The number of nitrogens with one attached hydrogen (secondary N) is 2. The summed E-state index contributed by atoms with van der Waals surface area (Å²) in [5, 5.41) is 13.0. The third kappa shape index (κ3) is 5.13. The zero-order valence-electron chi connectivity index (χ0n) is 18.4. The van der Waals surface area contributed by atoms with Crippen molar-refractivity contribution < 1.29 is 33.0 Å². The van der Waals surface area contributed by atoms with Crippen LogP contribution in [0.1, 0.15) is 27.6 Å². The second kappa shape index (κ2) is 10.0. The van der Waals surface area contributed by atoms with Crippen LogP contribution in [-0.4, -0.2) is 36.7 Å². The molecule has 0 aromatic heterocycles. The van der Waals surface area contributed by atoms with Crippen molar-refractivity contribution in [3.63, 3.8) is 0 Å². The first-order valence-corrected chi connectivity index (χ1v) is 11.5. The summed E-state index contributed by atoms with van der Waals surface area (Å²) in [6.45, 7) is 1.77. The third-order valence-corrected chi connectivity index (χ3v) is 6.33. The quantitative estimate of drug-likeness (QED) is 0.292. The fourth-order valence-electron chi connectivity index (χ4n) is 3.41.